The molecule has 0 aliphatic carbocycles. The molecule has 0 atom stereocenters. The van der Waals surface area contributed by atoms with Crippen LogP contribution in [0.4, 0.5) is 5.69 Å². The van der Waals surface area contributed by atoms with E-state index < -0.39 is 14.8 Å². The zero-order valence-electron chi connectivity index (χ0n) is 14.9. The van der Waals surface area contributed by atoms with E-state index in [1.807, 2.05) is 36.4 Å². The number of rotatable bonds is 3. The molecule has 2 aromatic carbocycles. The van der Waals surface area contributed by atoms with Crippen molar-refractivity contribution in [1.29, 1.82) is 0 Å². The number of hydrogen-bond acceptors (Lipinski definition) is 6. The highest BCUT2D eigenvalue weighted by Crippen LogP contribution is 2.30. The van der Waals surface area contributed by atoms with E-state index in [1.165, 1.54) is 6.07 Å². The Morgan fingerprint density at radius 1 is 1.04 bits per heavy atom. The van der Waals surface area contributed by atoms with Crippen LogP contribution in [0.15, 0.2) is 48.5 Å². The number of benzene rings is 2. The quantitative estimate of drug-likeness (QED) is 0.395. The van der Waals surface area contributed by atoms with E-state index in [-0.39, 0.29) is 5.69 Å². The Labute approximate surface area is 161 Å². The maximum absolute atomic E-state index is 11.1. The number of non-ortho nitro benzene ring substituents is 1. The Balaban J connectivity index is 0.000000236. The van der Waals surface area contributed by atoms with Crippen molar-refractivity contribution < 1.29 is 18.1 Å². The number of aldehydes is 1. The second-order valence-electron chi connectivity index (χ2n) is 6.33. The molecule has 1 fully saturated rings. The van der Waals surface area contributed by atoms with Crippen LogP contribution in [0.1, 0.15) is 10.4 Å². The van der Waals surface area contributed by atoms with Crippen LogP contribution in [0.25, 0.3) is 22.2 Å². The highest BCUT2D eigenvalue weighted by molar-refractivity contribution is 7.91. The Morgan fingerprint density at radius 3 is 2.25 bits per heavy atom. The number of nitrogens with one attached hydrogen (secondary N) is 2. The van der Waals surface area contributed by atoms with Crippen LogP contribution in [0.3, 0.4) is 0 Å². The third-order valence-electron chi connectivity index (χ3n) is 4.33. The van der Waals surface area contributed by atoms with E-state index in [4.69, 9.17) is 0 Å². The molecule has 8 nitrogen and oxygen atoms in total. The molecule has 0 amide bonds. The maximum Gasteiger partial charge on any atom is 0.294 e. The molecule has 9 heteroatoms. The summed E-state index contributed by atoms with van der Waals surface area (Å²) in [4.78, 5) is 24.5. The average molecular weight is 401 g/mol. The van der Waals surface area contributed by atoms with Crippen LogP contribution in [0.5, 0.6) is 0 Å². The van der Waals surface area contributed by atoms with Crippen molar-refractivity contribution >= 4 is 32.7 Å². The summed E-state index contributed by atoms with van der Waals surface area (Å²) in [7, 11) is -2.65. The maximum atomic E-state index is 11.1. The summed E-state index contributed by atoms with van der Waals surface area (Å²) in [6.45, 7) is 1.25. The number of carbonyl (C=O) groups excluding carboxylic acids is 1. The highest BCUT2D eigenvalue weighted by Gasteiger charge is 2.17. The molecule has 1 aliphatic heterocycles. The standard InChI is InChI=1S/C15H10N2O3.C4H9NO2S/c18-9-10-6-12-8-13(11-4-2-1-3-5-11)16-15(12)14(7-10)17(19)20;6-8(7)3-1-5-2-4-8/h1-9,16H;5H,1-4H2. The number of nitrogens with zero attached hydrogens (tertiary/aromatic N) is 1. The minimum Gasteiger partial charge on any atom is -0.349 e. The van der Waals surface area contributed by atoms with Gasteiger partial charge >= 0.3 is 0 Å². The van der Waals surface area contributed by atoms with Crippen LogP contribution >= 0.6 is 0 Å². The smallest absolute Gasteiger partial charge is 0.294 e. The number of aromatic amines is 1. The van der Waals surface area contributed by atoms with Gasteiger partial charge in [-0.15, -0.1) is 0 Å². The third-order valence-corrected chi connectivity index (χ3v) is 5.98. The van der Waals surface area contributed by atoms with Crippen molar-refractivity contribution in [3.8, 4) is 11.3 Å². The van der Waals surface area contributed by atoms with Crippen molar-refractivity contribution in [1.82, 2.24) is 10.3 Å². The molecular weight excluding hydrogens is 382 g/mol. The van der Waals surface area contributed by atoms with Gasteiger partial charge in [0.2, 0.25) is 0 Å². The van der Waals surface area contributed by atoms with E-state index in [9.17, 15) is 23.3 Å². The second-order valence-corrected chi connectivity index (χ2v) is 8.63. The van der Waals surface area contributed by atoms with Gasteiger partial charge in [-0.1, -0.05) is 30.3 Å². The molecule has 4 rings (SSSR count). The first-order valence-electron chi connectivity index (χ1n) is 8.62. The lowest BCUT2D eigenvalue weighted by Gasteiger charge is -2.10. The molecule has 0 unspecified atom stereocenters. The Hall–Kier alpha value is -3.04. The van der Waals surface area contributed by atoms with Crippen LogP contribution < -0.4 is 5.32 Å². The minimum absolute atomic E-state index is 0.0909. The number of sulfone groups is 1. The summed E-state index contributed by atoms with van der Waals surface area (Å²) >= 11 is 0. The average Bonchev–Trinajstić information content (AvgIpc) is 3.12. The number of H-pyrrole nitrogens is 1. The van der Waals surface area contributed by atoms with Crippen LogP contribution in [0, 0.1) is 10.1 Å². The van der Waals surface area contributed by atoms with E-state index in [1.54, 1.807) is 6.07 Å². The minimum atomic E-state index is -2.65. The molecule has 1 aliphatic rings. The molecule has 0 spiro atoms. The normalized spacial score (nSPS) is 15.4. The van der Waals surface area contributed by atoms with Crippen LogP contribution in [-0.2, 0) is 9.84 Å². The predicted octanol–water partition coefficient (Wildman–Crippen LogP) is 2.56. The van der Waals surface area contributed by atoms with E-state index in [0.717, 1.165) is 11.3 Å². The summed E-state index contributed by atoms with van der Waals surface area (Å²) in [5, 5.41) is 14.7. The lowest BCUT2D eigenvalue weighted by atomic mass is 10.1. The molecule has 2 N–H and O–H groups in total. The summed E-state index contributed by atoms with van der Waals surface area (Å²) < 4.78 is 21.2. The van der Waals surface area contributed by atoms with Crippen LogP contribution in [-0.4, -0.2) is 49.2 Å². The molecule has 146 valence electrons. The van der Waals surface area contributed by atoms with Gasteiger partial charge in [0, 0.05) is 35.8 Å². The molecule has 28 heavy (non-hydrogen) atoms. The fourth-order valence-electron chi connectivity index (χ4n) is 2.92. The number of aromatic nitrogens is 1. The first kappa shape index (κ1) is 19.7. The Morgan fingerprint density at radius 2 is 1.71 bits per heavy atom. The molecule has 0 radical (unpaired) electrons. The van der Waals surface area contributed by atoms with Crippen molar-refractivity contribution in [2.75, 3.05) is 24.6 Å². The first-order chi connectivity index (χ1) is 13.4. The van der Waals surface area contributed by atoms with Gasteiger partial charge in [0.1, 0.15) is 11.8 Å². The fourth-order valence-corrected chi connectivity index (χ4v) is 4.03. The van der Waals surface area contributed by atoms with Gasteiger partial charge in [-0.3, -0.25) is 14.9 Å². The molecule has 1 aromatic heterocycles. The largest absolute Gasteiger partial charge is 0.349 e. The Bertz CT molecular complexity index is 1100. The highest BCUT2D eigenvalue weighted by atomic mass is 32.2. The molecule has 1 saturated heterocycles. The van der Waals surface area contributed by atoms with Crippen molar-refractivity contribution in [2.24, 2.45) is 0 Å². The van der Waals surface area contributed by atoms with Gasteiger partial charge in [0.05, 0.1) is 16.4 Å². The van der Waals surface area contributed by atoms with Gasteiger partial charge in [0.25, 0.3) is 5.69 Å². The van der Waals surface area contributed by atoms with E-state index in [0.29, 0.717) is 47.3 Å². The van der Waals surface area contributed by atoms with Gasteiger partial charge in [-0.05, 0) is 17.7 Å². The van der Waals surface area contributed by atoms with Crippen LogP contribution in [0.2, 0.25) is 0 Å². The van der Waals surface area contributed by atoms with Gasteiger partial charge in [0.15, 0.2) is 9.84 Å². The number of nitro benzene ring substituents is 1. The Kier molecular flexibility index (Phi) is 5.86. The van der Waals surface area contributed by atoms with E-state index >= 15 is 0 Å². The number of hydrogen-bond donors (Lipinski definition) is 2. The van der Waals surface area contributed by atoms with Crippen molar-refractivity contribution in [2.45, 2.75) is 0 Å². The molecular formula is C19H19N3O5S. The zero-order valence-corrected chi connectivity index (χ0v) is 15.7. The molecule has 0 bridgehead atoms. The second kappa shape index (κ2) is 8.32. The summed E-state index contributed by atoms with van der Waals surface area (Å²) in [5.74, 6) is 0.625. The summed E-state index contributed by atoms with van der Waals surface area (Å²) in [6.07, 6.45) is 0.613. The molecule has 0 saturated carbocycles. The zero-order chi connectivity index (χ0) is 20.1. The van der Waals surface area contributed by atoms with Crippen molar-refractivity contribution in [3.63, 3.8) is 0 Å². The summed E-state index contributed by atoms with van der Waals surface area (Å²) in [5.41, 5.74) is 2.35. The van der Waals surface area contributed by atoms with E-state index in [2.05, 4.69) is 10.3 Å². The van der Waals surface area contributed by atoms with Gasteiger partial charge in [-0.2, -0.15) is 0 Å². The first-order valence-corrected chi connectivity index (χ1v) is 10.4. The topological polar surface area (TPSA) is 122 Å². The van der Waals surface area contributed by atoms with Crippen molar-refractivity contribution in [3.05, 3.63) is 64.2 Å². The lowest BCUT2D eigenvalue weighted by molar-refractivity contribution is -0.383. The number of fused-ring (bicyclic) bond motifs is 1. The van der Waals surface area contributed by atoms with Gasteiger partial charge < -0.3 is 10.3 Å². The number of carbonyl (C=O) groups is 1. The number of nitro groups is 1. The predicted molar refractivity (Wildman–Crippen MR) is 107 cm³/mol. The lowest BCUT2D eigenvalue weighted by Crippen LogP contribution is -2.35. The summed E-state index contributed by atoms with van der Waals surface area (Å²) in [6, 6.07) is 14.2. The monoisotopic (exact) mass is 401 g/mol. The third kappa shape index (κ3) is 4.62. The fraction of sp³-hybridized carbons (Fsp3) is 0.211. The molecule has 3 aromatic rings. The molecule has 2 heterocycles. The van der Waals surface area contributed by atoms with Gasteiger partial charge in [-0.25, -0.2) is 8.42 Å². The SMILES string of the molecule is O=Cc1cc([N+](=O)[O-])c2[nH]c(-c3ccccc3)cc2c1.O=S1(=O)CCNCC1.